The molecule has 1 aliphatic rings. The second-order valence-corrected chi connectivity index (χ2v) is 5.07. The van der Waals surface area contributed by atoms with Crippen LogP contribution in [0.1, 0.15) is 56.7 Å². The Morgan fingerprint density at radius 2 is 2.22 bits per heavy atom. The van der Waals surface area contributed by atoms with E-state index in [0.717, 1.165) is 25.3 Å². The van der Waals surface area contributed by atoms with Gasteiger partial charge in [0.05, 0.1) is 6.61 Å². The molecule has 1 N–H and O–H groups in total. The van der Waals surface area contributed by atoms with Gasteiger partial charge in [0.1, 0.15) is 5.75 Å². The number of aryl methyl sites for hydroxylation is 1. The molecule has 0 radical (unpaired) electrons. The third kappa shape index (κ3) is 3.26. The lowest BCUT2D eigenvalue weighted by Crippen LogP contribution is -2.24. The standard InChI is InChI=1S/C16H25NO/c1-3-5-11-18-14-10-9-13-7-6-8-16(17-4-2)15(13)12-14/h9-10,12,16-17H,3-8,11H2,1-2H3. The van der Waals surface area contributed by atoms with Crippen molar-refractivity contribution in [2.24, 2.45) is 0 Å². The first-order chi connectivity index (χ1) is 8.85. The zero-order chi connectivity index (χ0) is 12.8. The molecule has 18 heavy (non-hydrogen) atoms. The van der Waals surface area contributed by atoms with Crippen LogP contribution in [0.3, 0.4) is 0 Å². The van der Waals surface area contributed by atoms with Gasteiger partial charge in [0.2, 0.25) is 0 Å². The molecule has 0 fully saturated rings. The number of rotatable bonds is 6. The lowest BCUT2D eigenvalue weighted by Gasteiger charge is -2.26. The summed E-state index contributed by atoms with van der Waals surface area (Å²) < 4.78 is 5.81. The van der Waals surface area contributed by atoms with Crippen LogP contribution in [0.2, 0.25) is 0 Å². The maximum atomic E-state index is 5.81. The summed E-state index contributed by atoms with van der Waals surface area (Å²) in [6.45, 7) is 6.24. The maximum absolute atomic E-state index is 5.81. The van der Waals surface area contributed by atoms with E-state index in [2.05, 4.69) is 37.4 Å². The van der Waals surface area contributed by atoms with Gasteiger partial charge in [0.25, 0.3) is 0 Å². The summed E-state index contributed by atoms with van der Waals surface area (Å²) >= 11 is 0. The predicted octanol–water partition coefficient (Wildman–Crippen LogP) is 3.85. The second-order valence-electron chi connectivity index (χ2n) is 5.07. The Morgan fingerprint density at radius 1 is 1.33 bits per heavy atom. The van der Waals surface area contributed by atoms with Crippen molar-refractivity contribution in [3.05, 3.63) is 29.3 Å². The molecule has 0 aliphatic heterocycles. The molecular formula is C16H25NO. The fourth-order valence-corrected chi connectivity index (χ4v) is 2.66. The first-order valence-electron chi connectivity index (χ1n) is 7.34. The van der Waals surface area contributed by atoms with Crippen LogP contribution in [0.4, 0.5) is 0 Å². The van der Waals surface area contributed by atoms with Crippen molar-refractivity contribution in [1.82, 2.24) is 5.32 Å². The predicted molar refractivity (Wildman–Crippen MR) is 76.2 cm³/mol. The molecule has 0 heterocycles. The zero-order valence-electron chi connectivity index (χ0n) is 11.7. The third-order valence-electron chi connectivity index (χ3n) is 3.65. The number of unbranched alkanes of at least 4 members (excludes halogenated alkanes) is 1. The summed E-state index contributed by atoms with van der Waals surface area (Å²) in [4.78, 5) is 0. The monoisotopic (exact) mass is 247 g/mol. The topological polar surface area (TPSA) is 21.3 Å². The van der Waals surface area contributed by atoms with Gasteiger partial charge in [-0.15, -0.1) is 0 Å². The van der Waals surface area contributed by atoms with Crippen LogP contribution in [-0.2, 0) is 6.42 Å². The van der Waals surface area contributed by atoms with Gasteiger partial charge in [0, 0.05) is 6.04 Å². The highest BCUT2D eigenvalue weighted by Gasteiger charge is 2.19. The van der Waals surface area contributed by atoms with Crippen molar-refractivity contribution in [2.75, 3.05) is 13.2 Å². The van der Waals surface area contributed by atoms with Crippen LogP contribution in [-0.4, -0.2) is 13.2 Å². The average molecular weight is 247 g/mol. The van der Waals surface area contributed by atoms with Gasteiger partial charge in [-0.1, -0.05) is 26.3 Å². The molecule has 0 spiro atoms. The Kier molecular flexibility index (Phi) is 5.06. The van der Waals surface area contributed by atoms with Crippen molar-refractivity contribution < 1.29 is 4.74 Å². The highest BCUT2D eigenvalue weighted by Crippen LogP contribution is 2.32. The molecule has 2 heteroatoms. The van der Waals surface area contributed by atoms with E-state index in [9.17, 15) is 0 Å². The van der Waals surface area contributed by atoms with Crippen LogP contribution in [0, 0.1) is 0 Å². The van der Waals surface area contributed by atoms with Gasteiger partial charge in [-0.2, -0.15) is 0 Å². The Morgan fingerprint density at radius 3 is 3.00 bits per heavy atom. The molecule has 2 rings (SSSR count). The summed E-state index contributed by atoms with van der Waals surface area (Å²) in [5.74, 6) is 1.03. The van der Waals surface area contributed by atoms with Crippen molar-refractivity contribution in [3.63, 3.8) is 0 Å². The minimum absolute atomic E-state index is 0.522. The highest BCUT2D eigenvalue weighted by molar-refractivity contribution is 5.39. The minimum Gasteiger partial charge on any atom is -0.494 e. The van der Waals surface area contributed by atoms with E-state index < -0.39 is 0 Å². The van der Waals surface area contributed by atoms with Crippen molar-refractivity contribution in [2.45, 2.75) is 52.0 Å². The van der Waals surface area contributed by atoms with Gasteiger partial charge in [-0.05, 0) is 55.5 Å². The van der Waals surface area contributed by atoms with E-state index in [1.54, 1.807) is 0 Å². The molecule has 1 unspecified atom stereocenters. The Balaban J connectivity index is 2.09. The first-order valence-corrected chi connectivity index (χ1v) is 7.34. The molecule has 1 aliphatic carbocycles. The summed E-state index contributed by atoms with van der Waals surface area (Å²) in [6.07, 6.45) is 6.07. The molecule has 2 nitrogen and oxygen atoms in total. The van der Waals surface area contributed by atoms with Gasteiger partial charge in [-0.25, -0.2) is 0 Å². The van der Waals surface area contributed by atoms with Crippen molar-refractivity contribution >= 4 is 0 Å². The summed E-state index contributed by atoms with van der Waals surface area (Å²) in [5.41, 5.74) is 2.95. The zero-order valence-corrected chi connectivity index (χ0v) is 11.7. The minimum atomic E-state index is 0.522. The van der Waals surface area contributed by atoms with Crippen LogP contribution in [0.25, 0.3) is 0 Å². The molecule has 0 saturated carbocycles. The van der Waals surface area contributed by atoms with E-state index in [4.69, 9.17) is 4.74 Å². The summed E-state index contributed by atoms with van der Waals surface area (Å²) in [6, 6.07) is 7.15. The molecule has 1 aromatic carbocycles. The third-order valence-corrected chi connectivity index (χ3v) is 3.65. The smallest absolute Gasteiger partial charge is 0.119 e. The van der Waals surface area contributed by atoms with Crippen molar-refractivity contribution in [3.8, 4) is 5.75 Å². The van der Waals surface area contributed by atoms with Gasteiger partial charge >= 0.3 is 0 Å². The van der Waals surface area contributed by atoms with Crippen molar-refractivity contribution in [1.29, 1.82) is 0 Å². The van der Waals surface area contributed by atoms with Gasteiger partial charge in [0.15, 0.2) is 0 Å². The Bertz CT molecular complexity index is 375. The van der Waals surface area contributed by atoms with E-state index in [1.165, 1.54) is 36.8 Å². The van der Waals surface area contributed by atoms with Crippen LogP contribution in [0.15, 0.2) is 18.2 Å². The van der Waals surface area contributed by atoms with E-state index in [-0.39, 0.29) is 0 Å². The van der Waals surface area contributed by atoms with Crippen LogP contribution < -0.4 is 10.1 Å². The van der Waals surface area contributed by atoms with E-state index in [0.29, 0.717) is 6.04 Å². The Hall–Kier alpha value is -1.02. The normalized spacial score (nSPS) is 18.4. The van der Waals surface area contributed by atoms with Gasteiger partial charge in [-0.3, -0.25) is 0 Å². The summed E-state index contributed by atoms with van der Waals surface area (Å²) in [5, 5.41) is 3.58. The number of ether oxygens (including phenoxy) is 1. The Labute approximate surface area is 111 Å². The number of fused-ring (bicyclic) bond motifs is 1. The fourth-order valence-electron chi connectivity index (χ4n) is 2.66. The molecular weight excluding hydrogens is 222 g/mol. The molecule has 0 bridgehead atoms. The molecule has 1 atom stereocenters. The summed E-state index contributed by atoms with van der Waals surface area (Å²) in [7, 11) is 0. The fraction of sp³-hybridized carbons (Fsp3) is 0.625. The van der Waals surface area contributed by atoms with Crippen LogP contribution >= 0.6 is 0 Å². The molecule has 0 aromatic heterocycles. The van der Waals surface area contributed by atoms with E-state index in [1.807, 2.05) is 0 Å². The first kappa shape index (κ1) is 13.4. The largest absolute Gasteiger partial charge is 0.494 e. The number of hydrogen-bond donors (Lipinski definition) is 1. The highest BCUT2D eigenvalue weighted by atomic mass is 16.5. The molecule has 1 aromatic rings. The SMILES string of the molecule is CCCCOc1ccc2c(c1)C(NCC)CCC2. The van der Waals surface area contributed by atoms with Gasteiger partial charge < -0.3 is 10.1 Å². The maximum Gasteiger partial charge on any atom is 0.119 e. The van der Waals surface area contributed by atoms with E-state index >= 15 is 0 Å². The average Bonchev–Trinajstić information content (AvgIpc) is 2.40. The second kappa shape index (κ2) is 6.79. The quantitative estimate of drug-likeness (QED) is 0.771. The lowest BCUT2D eigenvalue weighted by atomic mass is 9.87. The molecule has 0 saturated heterocycles. The number of hydrogen-bond acceptors (Lipinski definition) is 2. The van der Waals surface area contributed by atoms with Crippen LogP contribution in [0.5, 0.6) is 5.75 Å². The molecule has 100 valence electrons. The lowest BCUT2D eigenvalue weighted by molar-refractivity contribution is 0.308. The number of nitrogens with one attached hydrogen (secondary N) is 1. The molecule has 0 amide bonds. The number of benzene rings is 1.